The van der Waals surface area contributed by atoms with Gasteiger partial charge in [0.15, 0.2) is 18.1 Å². The van der Waals surface area contributed by atoms with Crippen LogP contribution in [0.3, 0.4) is 0 Å². The van der Waals surface area contributed by atoms with E-state index in [4.69, 9.17) is 27.8 Å². The van der Waals surface area contributed by atoms with E-state index >= 15 is 0 Å². The molecule has 0 saturated heterocycles. The molecule has 17 heavy (non-hydrogen) atoms. The van der Waals surface area contributed by atoms with Gasteiger partial charge in [0.2, 0.25) is 0 Å². The SMILES string of the molecule is COc1ccc(Cl)cc1C1N=C(N)NC(N)=N1. The molecule has 1 aliphatic rings. The molecule has 90 valence electrons. The first-order chi connectivity index (χ1) is 8.10. The van der Waals surface area contributed by atoms with Crippen LogP contribution in [0.5, 0.6) is 5.75 Å². The van der Waals surface area contributed by atoms with Crippen molar-refractivity contribution in [2.75, 3.05) is 7.11 Å². The summed E-state index contributed by atoms with van der Waals surface area (Å²) in [5.41, 5.74) is 11.9. The summed E-state index contributed by atoms with van der Waals surface area (Å²) in [5, 5.41) is 3.18. The maximum absolute atomic E-state index is 5.94. The van der Waals surface area contributed by atoms with Crippen molar-refractivity contribution in [3.05, 3.63) is 28.8 Å². The zero-order valence-corrected chi connectivity index (χ0v) is 9.90. The zero-order valence-electron chi connectivity index (χ0n) is 9.14. The molecule has 2 rings (SSSR count). The van der Waals surface area contributed by atoms with Gasteiger partial charge >= 0.3 is 0 Å². The number of halogens is 1. The largest absolute Gasteiger partial charge is 0.496 e. The second-order valence-electron chi connectivity index (χ2n) is 3.41. The molecule has 7 heteroatoms. The van der Waals surface area contributed by atoms with E-state index in [-0.39, 0.29) is 11.9 Å². The number of aliphatic imine (C=N–C) groups is 2. The fraction of sp³-hybridized carbons (Fsp3) is 0.200. The molecule has 0 atom stereocenters. The van der Waals surface area contributed by atoms with Crippen molar-refractivity contribution >= 4 is 23.5 Å². The number of rotatable bonds is 2. The predicted octanol–water partition coefficient (Wildman–Crippen LogP) is 0.580. The van der Waals surface area contributed by atoms with Crippen LogP contribution in [0.4, 0.5) is 0 Å². The molecule has 0 bridgehead atoms. The van der Waals surface area contributed by atoms with Gasteiger partial charge in [0.1, 0.15) is 5.75 Å². The maximum Gasteiger partial charge on any atom is 0.197 e. The third kappa shape index (κ3) is 2.42. The Morgan fingerprint density at radius 3 is 2.53 bits per heavy atom. The molecule has 0 fully saturated rings. The van der Waals surface area contributed by atoms with Gasteiger partial charge in [-0.3, -0.25) is 5.32 Å². The van der Waals surface area contributed by atoms with Crippen molar-refractivity contribution in [1.82, 2.24) is 5.32 Å². The highest BCUT2D eigenvalue weighted by Gasteiger charge is 2.19. The average molecular weight is 254 g/mol. The molecule has 1 aromatic carbocycles. The minimum Gasteiger partial charge on any atom is -0.496 e. The summed E-state index contributed by atoms with van der Waals surface area (Å²) in [6.45, 7) is 0. The van der Waals surface area contributed by atoms with Gasteiger partial charge in [-0.25, -0.2) is 9.98 Å². The van der Waals surface area contributed by atoms with Crippen molar-refractivity contribution in [2.45, 2.75) is 6.17 Å². The second kappa shape index (κ2) is 4.50. The van der Waals surface area contributed by atoms with Gasteiger partial charge in [0.05, 0.1) is 7.11 Å². The van der Waals surface area contributed by atoms with Gasteiger partial charge in [-0.2, -0.15) is 0 Å². The van der Waals surface area contributed by atoms with E-state index in [1.165, 1.54) is 0 Å². The second-order valence-corrected chi connectivity index (χ2v) is 3.85. The van der Waals surface area contributed by atoms with Crippen LogP contribution in [0, 0.1) is 0 Å². The highest BCUT2D eigenvalue weighted by atomic mass is 35.5. The molecule has 1 heterocycles. The van der Waals surface area contributed by atoms with E-state index in [2.05, 4.69) is 15.3 Å². The van der Waals surface area contributed by atoms with Crippen molar-refractivity contribution < 1.29 is 4.74 Å². The number of methoxy groups -OCH3 is 1. The van der Waals surface area contributed by atoms with E-state index in [0.717, 1.165) is 0 Å². The van der Waals surface area contributed by atoms with E-state index in [0.29, 0.717) is 16.3 Å². The van der Waals surface area contributed by atoms with Crippen LogP contribution in [0.25, 0.3) is 0 Å². The van der Waals surface area contributed by atoms with Crippen LogP contribution in [0.2, 0.25) is 5.02 Å². The number of hydrogen-bond donors (Lipinski definition) is 3. The summed E-state index contributed by atoms with van der Waals surface area (Å²) in [5.74, 6) is 1.06. The Kier molecular flexibility index (Phi) is 3.06. The minimum atomic E-state index is -0.537. The van der Waals surface area contributed by atoms with Gasteiger partial charge < -0.3 is 16.2 Å². The minimum absolute atomic E-state index is 0.213. The third-order valence-corrected chi connectivity index (χ3v) is 2.48. The molecule has 0 unspecified atom stereocenters. The summed E-state index contributed by atoms with van der Waals surface area (Å²) in [4.78, 5) is 8.26. The van der Waals surface area contributed by atoms with Crippen molar-refractivity contribution in [1.29, 1.82) is 0 Å². The summed E-state index contributed by atoms with van der Waals surface area (Å²) in [6, 6.07) is 5.20. The third-order valence-electron chi connectivity index (χ3n) is 2.25. The Morgan fingerprint density at radius 2 is 1.94 bits per heavy atom. The molecule has 0 spiro atoms. The van der Waals surface area contributed by atoms with Crippen LogP contribution >= 0.6 is 11.6 Å². The number of nitrogens with one attached hydrogen (secondary N) is 1. The normalized spacial score (nSPS) is 15.9. The van der Waals surface area contributed by atoms with Gasteiger partial charge in [-0.15, -0.1) is 0 Å². The maximum atomic E-state index is 5.94. The van der Waals surface area contributed by atoms with E-state index < -0.39 is 6.17 Å². The molecule has 6 nitrogen and oxygen atoms in total. The number of hydrogen-bond acceptors (Lipinski definition) is 6. The molecule has 0 saturated carbocycles. The highest BCUT2D eigenvalue weighted by Crippen LogP contribution is 2.31. The van der Waals surface area contributed by atoms with Gasteiger partial charge in [0, 0.05) is 10.6 Å². The highest BCUT2D eigenvalue weighted by molar-refractivity contribution is 6.30. The van der Waals surface area contributed by atoms with Crippen LogP contribution in [-0.4, -0.2) is 19.0 Å². The molecule has 0 amide bonds. The van der Waals surface area contributed by atoms with Crippen molar-refractivity contribution in [2.24, 2.45) is 21.5 Å². The fourth-order valence-corrected chi connectivity index (χ4v) is 1.71. The first-order valence-electron chi connectivity index (χ1n) is 4.87. The topological polar surface area (TPSA) is 98.0 Å². The standard InChI is InChI=1S/C10H12ClN5O/c1-17-7-3-2-5(11)4-6(7)8-14-9(12)16-10(13)15-8/h2-4,8H,1H3,(H5,12,13,14,15,16). The predicted molar refractivity (Wildman–Crippen MR) is 67.1 cm³/mol. The van der Waals surface area contributed by atoms with Crippen LogP contribution in [-0.2, 0) is 0 Å². The first-order valence-corrected chi connectivity index (χ1v) is 5.25. The number of nitrogens with zero attached hydrogens (tertiary/aromatic N) is 2. The summed E-state index contributed by atoms with van der Waals surface area (Å²) < 4.78 is 5.22. The number of nitrogens with two attached hydrogens (primary N) is 2. The Morgan fingerprint density at radius 1 is 1.29 bits per heavy atom. The number of ether oxygens (including phenoxy) is 1. The van der Waals surface area contributed by atoms with Crippen molar-refractivity contribution in [3.8, 4) is 5.75 Å². The lowest BCUT2D eigenvalue weighted by molar-refractivity contribution is 0.406. The summed E-state index contributed by atoms with van der Waals surface area (Å²) in [6.07, 6.45) is -0.537. The van der Waals surface area contributed by atoms with E-state index in [1.54, 1.807) is 25.3 Å². The molecule has 1 aromatic rings. The molecule has 1 aliphatic heterocycles. The lowest BCUT2D eigenvalue weighted by Gasteiger charge is -2.18. The molecule has 0 radical (unpaired) electrons. The Labute approximate surface area is 103 Å². The summed E-state index contributed by atoms with van der Waals surface area (Å²) >= 11 is 5.94. The molecule has 5 N–H and O–H groups in total. The quantitative estimate of drug-likeness (QED) is 0.718. The van der Waals surface area contributed by atoms with Crippen LogP contribution in [0.1, 0.15) is 11.7 Å². The van der Waals surface area contributed by atoms with Gasteiger partial charge in [-0.05, 0) is 18.2 Å². The fourth-order valence-electron chi connectivity index (χ4n) is 1.53. The number of benzene rings is 1. The molecular weight excluding hydrogens is 242 g/mol. The molecular formula is C10H12ClN5O. The number of guanidine groups is 2. The summed E-state index contributed by atoms with van der Waals surface area (Å²) in [7, 11) is 1.56. The molecule has 0 aliphatic carbocycles. The van der Waals surface area contributed by atoms with Crippen LogP contribution < -0.4 is 21.5 Å². The lowest BCUT2D eigenvalue weighted by Crippen LogP contribution is -2.44. The lowest BCUT2D eigenvalue weighted by atomic mass is 10.1. The Bertz CT molecular complexity index is 481. The smallest absolute Gasteiger partial charge is 0.197 e. The zero-order chi connectivity index (χ0) is 12.4. The average Bonchev–Trinajstić information content (AvgIpc) is 2.27. The Hall–Kier alpha value is -1.95. The first kappa shape index (κ1) is 11.5. The van der Waals surface area contributed by atoms with Crippen LogP contribution in [0.15, 0.2) is 28.2 Å². The van der Waals surface area contributed by atoms with Gasteiger partial charge in [0.25, 0.3) is 0 Å². The Balaban J connectivity index is 2.45. The van der Waals surface area contributed by atoms with E-state index in [1.807, 2.05) is 0 Å². The monoisotopic (exact) mass is 253 g/mol. The molecule has 0 aromatic heterocycles. The van der Waals surface area contributed by atoms with Crippen molar-refractivity contribution in [3.63, 3.8) is 0 Å². The van der Waals surface area contributed by atoms with E-state index in [9.17, 15) is 0 Å². The van der Waals surface area contributed by atoms with Gasteiger partial charge in [-0.1, -0.05) is 11.6 Å².